The molecule has 0 atom stereocenters. The molecular weight excluding hydrogens is 308 g/mol. The first-order chi connectivity index (χ1) is 7.90. The number of anilines is 1. The van der Waals surface area contributed by atoms with E-state index in [0.29, 0.717) is 11.3 Å². The van der Waals surface area contributed by atoms with E-state index in [1.165, 1.54) is 13.1 Å². The Hall–Kier alpha value is -0.920. The van der Waals surface area contributed by atoms with Gasteiger partial charge < -0.3 is 5.32 Å². The smallest absolute Gasteiger partial charge is 0.240 e. The number of hydrogen-bond donors (Lipinski definition) is 2. The topological polar surface area (TPSA) is 75.3 Å². The van der Waals surface area contributed by atoms with E-state index in [4.69, 9.17) is 0 Å². The molecule has 1 aromatic carbocycles. The summed E-state index contributed by atoms with van der Waals surface area (Å²) < 4.78 is 25.6. The van der Waals surface area contributed by atoms with Crippen LogP contribution < -0.4 is 10.0 Å². The van der Waals surface area contributed by atoms with Crippen molar-refractivity contribution < 1.29 is 13.2 Å². The van der Waals surface area contributed by atoms with Crippen molar-refractivity contribution >= 4 is 37.5 Å². The van der Waals surface area contributed by atoms with Gasteiger partial charge in [-0.1, -0.05) is 22.0 Å². The Balaban J connectivity index is 3.16. The van der Waals surface area contributed by atoms with Gasteiger partial charge in [-0.15, -0.1) is 0 Å². The van der Waals surface area contributed by atoms with Crippen LogP contribution in [0.2, 0.25) is 0 Å². The summed E-state index contributed by atoms with van der Waals surface area (Å²) in [6.45, 7) is 1.69. The molecule has 17 heavy (non-hydrogen) atoms. The van der Waals surface area contributed by atoms with E-state index in [9.17, 15) is 13.2 Å². The lowest BCUT2D eigenvalue weighted by Crippen LogP contribution is -2.20. The van der Waals surface area contributed by atoms with E-state index in [1.54, 1.807) is 19.1 Å². The average Bonchev–Trinajstić information content (AvgIpc) is 2.31. The van der Waals surface area contributed by atoms with Crippen LogP contribution in [-0.4, -0.2) is 26.7 Å². The number of carbonyl (C=O) groups is 1. The summed E-state index contributed by atoms with van der Waals surface area (Å²) in [5, 5.41) is 2.74. The number of alkyl halides is 1. The van der Waals surface area contributed by atoms with Gasteiger partial charge in [0.05, 0.1) is 10.2 Å². The first-order valence-electron chi connectivity index (χ1n) is 4.80. The lowest BCUT2D eigenvalue weighted by atomic mass is 10.2. The van der Waals surface area contributed by atoms with E-state index in [2.05, 4.69) is 26.0 Å². The second-order valence-electron chi connectivity index (χ2n) is 3.37. The third kappa shape index (κ3) is 3.52. The van der Waals surface area contributed by atoms with Gasteiger partial charge in [0.1, 0.15) is 0 Å². The molecule has 1 rings (SSSR count). The molecule has 1 aromatic rings. The summed E-state index contributed by atoms with van der Waals surface area (Å²) in [7, 11) is -2.16. The Morgan fingerprint density at radius 1 is 1.41 bits per heavy atom. The maximum Gasteiger partial charge on any atom is 0.240 e. The van der Waals surface area contributed by atoms with Crippen molar-refractivity contribution in [2.24, 2.45) is 0 Å². The van der Waals surface area contributed by atoms with Crippen LogP contribution in [0.3, 0.4) is 0 Å². The van der Waals surface area contributed by atoms with Gasteiger partial charge in [0.25, 0.3) is 0 Å². The zero-order valence-electron chi connectivity index (χ0n) is 9.45. The number of amides is 1. The fraction of sp³-hybridized carbons (Fsp3) is 0.300. The highest BCUT2D eigenvalue weighted by Gasteiger charge is 2.15. The minimum absolute atomic E-state index is 0.160. The van der Waals surface area contributed by atoms with Crippen LogP contribution in [-0.2, 0) is 14.8 Å². The van der Waals surface area contributed by atoms with Gasteiger partial charge in [-0.3, -0.25) is 4.79 Å². The Morgan fingerprint density at radius 3 is 2.59 bits per heavy atom. The molecular formula is C10H13BrN2O3S. The quantitative estimate of drug-likeness (QED) is 0.819. The van der Waals surface area contributed by atoms with Crippen LogP contribution in [0.15, 0.2) is 23.1 Å². The number of sulfonamides is 1. The number of rotatable bonds is 4. The van der Waals surface area contributed by atoms with E-state index in [-0.39, 0.29) is 16.1 Å². The molecule has 5 nitrogen and oxygen atoms in total. The summed E-state index contributed by atoms with van der Waals surface area (Å²) in [6.07, 6.45) is 0. The molecule has 0 saturated heterocycles. The van der Waals surface area contributed by atoms with Crippen LogP contribution in [0.25, 0.3) is 0 Å². The highest BCUT2D eigenvalue weighted by molar-refractivity contribution is 9.09. The number of benzene rings is 1. The van der Waals surface area contributed by atoms with Crippen molar-refractivity contribution in [3.63, 3.8) is 0 Å². The number of carbonyl (C=O) groups excluding carboxylic acids is 1. The van der Waals surface area contributed by atoms with Crippen molar-refractivity contribution in [3.8, 4) is 0 Å². The number of aryl methyl sites for hydroxylation is 1. The molecule has 94 valence electrons. The van der Waals surface area contributed by atoms with E-state index in [1.807, 2.05) is 0 Å². The average molecular weight is 321 g/mol. The minimum atomic E-state index is -3.51. The molecule has 0 saturated carbocycles. The molecule has 0 heterocycles. The van der Waals surface area contributed by atoms with Crippen LogP contribution >= 0.6 is 15.9 Å². The van der Waals surface area contributed by atoms with Crippen LogP contribution in [0, 0.1) is 6.92 Å². The van der Waals surface area contributed by atoms with E-state index in [0.717, 1.165) is 0 Å². The van der Waals surface area contributed by atoms with E-state index >= 15 is 0 Å². The lowest BCUT2D eigenvalue weighted by Gasteiger charge is -2.09. The summed E-state index contributed by atoms with van der Waals surface area (Å²) >= 11 is 3.02. The third-order valence-corrected chi connectivity index (χ3v) is 4.22. The van der Waals surface area contributed by atoms with Crippen molar-refractivity contribution in [3.05, 3.63) is 23.8 Å². The number of nitrogens with one attached hydrogen (secondary N) is 2. The molecule has 7 heteroatoms. The van der Waals surface area contributed by atoms with Crippen molar-refractivity contribution in [1.82, 2.24) is 4.72 Å². The van der Waals surface area contributed by atoms with Gasteiger partial charge in [0, 0.05) is 5.69 Å². The Bertz CT molecular complexity index is 528. The van der Waals surface area contributed by atoms with Crippen LogP contribution in [0.5, 0.6) is 0 Å². The zero-order valence-corrected chi connectivity index (χ0v) is 11.9. The molecule has 0 aliphatic heterocycles. The molecule has 2 N–H and O–H groups in total. The maximum atomic E-state index is 11.7. The molecule has 0 spiro atoms. The molecule has 0 aliphatic rings. The Labute approximate surface area is 109 Å². The number of halogens is 1. The SMILES string of the molecule is CNS(=O)(=O)c1cc(NC(=O)CBr)ccc1C. The summed E-state index contributed by atoms with van der Waals surface area (Å²) in [6, 6.07) is 4.74. The van der Waals surface area contributed by atoms with Crippen LogP contribution in [0.1, 0.15) is 5.56 Å². The normalized spacial score (nSPS) is 11.2. The highest BCUT2D eigenvalue weighted by Crippen LogP contribution is 2.19. The van der Waals surface area contributed by atoms with E-state index < -0.39 is 10.0 Å². The first-order valence-corrected chi connectivity index (χ1v) is 7.41. The Morgan fingerprint density at radius 2 is 2.06 bits per heavy atom. The number of hydrogen-bond acceptors (Lipinski definition) is 3. The summed E-state index contributed by atoms with van der Waals surface area (Å²) in [4.78, 5) is 11.3. The molecule has 0 bridgehead atoms. The van der Waals surface area contributed by atoms with Crippen molar-refractivity contribution in [2.45, 2.75) is 11.8 Å². The van der Waals surface area contributed by atoms with Gasteiger partial charge in [-0.25, -0.2) is 13.1 Å². The van der Waals surface area contributed by atoms with Crippen molar-refractivity contribution in [1.29, 1.82) is 0 Å². The zero-order chi connectivity index (χ0) is 13.1. The summed E-state index contributed by atoms with van der Waals surface area (Å²) in [5.74, 6) is -0.235. The largest absolute Gasteiger partial charge is 0.325 e. The second-order valence-corrected chi connectivity index (χ2v) is 5.79. The Kier molecular flexibility index (Phi) is 4.67. The predicted octanol–water partition coefficient (Wildman–Crippen LogP) is 1.24. The highest BCUT2D eigenvalue weighted by atomic mass is 79.9. The van der Waals surface area contributed by atoms with Crippen LogP contribution in [0.4, 0.5) is 5.69 Å². The summed E-state index contributed by atoms with van der Waals surface area (Å²) in [5.41, 5.74) is 1.07. The fourth-order valence-corrected chi connectivity index (χ4v) is 2.41. The standard InChI is InChI=1S/C10H13BrN2O3S/c1-7-3-4-8(13-10(14)6-11)5-9(7)17(15,16)12-2/h3-5,12H,6H2,1-2H3,(H,13,14). The predicted molar refractivity (Wildman–Crippen MR) is 69.8 cm³/mol. The third-order valence-electron chi connectivity index (χ3n) is 2.15. The monoisotopic (exact) mass is 320 g/mol. The van der Waals surface area contributed by atoms with Gasteiger partial charge in [0.2, 0.25) is 15.9 Å². The van der Waals surface area contributed by atoms with Gasteiger partial charge in [-0.05, 0) is 31.7 Å². The molecule has 0 aromatic heterocycles. The van der Waals surface area contributed by atoms with Gasteiger partial charge in [0.15, 0.2) is 0 Å². The molecule has 0 radical (unpaired) electrons. The maximum absolute atomic E-state index is 11.7. The van der Waals surface area contributed by atoms with Gasteiger partial charge in [-0.2, -0.15) is 0 Å². The lowest BCUT2D eigenvalue weighted by molar-refractivity contribution is -0.113. The molecule has 0 unspecified atom stereocenters. The van der Waals surface area contributed by atoms with Gasteiger partial charge >= 0.3 is 0 Å². The first kappa shape index (κ1) is 14.1. The minimum Gasteiger partial charge on any atom is -0.325 e. The molecule has 0 aliphatic carbocycles. The molecule has 0 fully saturated rings. The van der Waals surface area contributed by atoms with Crippen molar-refractivity contribution in [2.75, 3.05) is 17.7 Å². The second kappa shape index (κ2) is 5.61. The molecule has 1 amide bonds. The fourth-order valence-electron chi connectivity index (χ4n) is 1.27.